The van der Waals surface area contributed by atoms with E-state index >= 15 is 0 Å². The number of aliphatic hydroxyl groups excluding tert-OH is 1. The van der Waals surface area contributed by atoms with Gasteiger partial charge in [0.1, 0.15) is 11.6 Å². The summed E-state index contributed by atoms with van der Waals surface area (Å²) < 4.78 is 62.9. The zero-order chi connectivity index (χ0) is 42.3. The first kappa shape index (κ1) is 49.7. The zero-order valence-corrected chi connectivity index (χ0v) is 33.9. The summed E-state index contributed by atoms with van der Waals surface area (Å²) in [6.07, 6.45) is 6.33. The molecule has 9 unspecified atom stereocenters. The average molecular weight is 809 g/mol. The van der Waals surface area contributed by atoms with Crippen LogP contribution in [0.25, 0.3) is 0 Å². The van der Waals surface area contributed by atoms with Gasteiger partial charge >= 0.3 is 23.8 Å². The van der Waals surface area contributed by atoms with E-state index in [0.717, 1.165) is 38.5 Å². The Bertz CT molecular complexity index is 1280. The maximum absolute atomic E-state index is 14.7. The van der Waals surface area contributed by atoms with Gasteiger partial charge in [-0.15, -0.1) is 0 Å². The topological polar surface area (TPSA) is 175 Å². The molecule has 0 aromatic heterocycles. The average Bonchev–Trinajstić information content (AvgIpc) is 3.57. The van der Waals surface area contributed by atoms with Crippen LogP contribution in [0.15, 0.2) is 0 Å². The first-order valence-corrected chi connectivity index (χ1v) is 21.0. The second kappa shape index (κ2) is 23.2. The molecule has 0 spiro atoms. The van der Waals surface area contributed by atoms with E-state index in [1.807, 2.05) is 6.92 Å². The maximum atomic E-state index is 14.7. The predicted molar refractivity (Wildman–Crippen MR) is 201 cm³/mol. The van der Waals surface area contributed by atoms with Crippen LogP contribution in [-0.4, -0.2) is 79.6 Å². The van der Waals surface area contributed by atoms with E-state index in [4.69, 9.17) is 14.9 Å². The maximum Gasteiger partial charge on any atom is 0.305 e. The Morgan fingerprint density at radius 2 is 1.25 bits per heavy atom. The van der Waals surface area contributed by atoms with E-state index in [2.05, 4.69) is 0 Å². The minimum Gasteiger partial charge on any atom is -0.481 e. The molecule has 3 rings (SSSR count). The fourth-order valence-corrected chi connectivity index (χ4v) is 8.52. The van der Waals surface area contributed by atoms with Gasteiger partial charge in [0.2, 0.25) is 11.6 Å². The van der Waals surface area contributed by atoms with E-state index in [1.165, 1.54) is 0 Å². The summed E-state index contributed by atoms with van der Waals surface area (Å²) in [6, 6.07) is 0. The number of carbonyl (C=O) groups is 5. The third kappa shape index (κ3) is 15.4. The van der Waals surface area contributed by atoms with Crippen molar-refractivity contribution < 1.29 is 66.7 Å². The fraction of sp³-hybridized carbons (Fsp3) is 0.881. The first-order chi connectivity index (χ1) is 26.2. The molecule has 0 radical (unpaired) electrons. The van der Waals surface area contributed by atoms with Crippen LogP contribution >= 0.6 is 0 Å². The number of halogens is 4. The second-order valence-electron chi connectivity index (χ2n) is 16.9. The Balaban J connectivity index is 0.000000387. The number of aliphatic hydroxyl groups is 2. The number of hydrogen-bond acceptors (Lipinski definition) is 8. The first-order valence-electron chi connectivity index (χ1n) is 21.0. The van der Waals surface area contributed by atoms with Crippen molar-refractivity contribution >= 4 is 29.3 Å². The molecule has 4 N–H and O–H groups in total. The van der Waals surface area contributed by atoms with Gasteiger partial charge in [-0.05, 0) is 62.2 Å². The summed E-state index contributed by atoms with van der Waals surface area (Å²) in [5.74, 6) is -13.6. The highest BCUT2D eigenvalue weighted by atomic mass is 19.3. The molecule has 0 bridgehead atoms. The van der Waals surface area contributed by atoms with Gasteiger partial charge < -0.3 is 25.2 Å². The molecule has 1 saturated heterocycles. The Labute approximate surface area is 329 Å². The fourth-order valence-electron chi connectivity index (χ4n) is 8.52. The quantitative estimate of drug-likeness (QED) is 0.0515. The Kier molecular flexibility index (Phi) is 20.6. The number of ether oxygens (including phenoxy) is 1. The normalized spacial score (nSPS) is 27.7. The number of ketones is 3. The number of alkyl halides is 4. The number of carboxylic acid groups (broad SMARTS) is 2. The molecular weight excluding hydrogens is 740 g/mol. The number of hydrogen-bond donors (Lipinski definition) is 4. The van der Waals surface area contributed by atoms with Gasteiger partial charge in [-0.2, -0.15) is 8.78 Å². The molecule has 3 fully saturated rings. The van der Waals surface area contributed by atoms with Crippen molar-refractivity contribution in [2.45, 2.75) is 199 Å². The van der Waals surface area contributed by atoms with Crippen molar-refractivity contribution in [3.05, 3.63) is 0 Å². The largest absolute Gasteiger partial charge is 0.481 e. The van der Waals surface area contributed by atoms with Gasteiger partial charge in [0.25, 0.3) is 0 Å². The standard InChI is InChI=1S/2C21H34F2O5/c1-3-14(2)13-20(22,23)21(27)11-10-16-15(17(24)12-18(16)28-21)8-6-4-5-7-9-19(25)26;1-3-14(2)13-21(22,23)19(26)11-10-16-15(17(24)12-18(16)25)8-6-4-5-7-9-20(27)28/h14-16,18,27H,3-13H2,1-2H3,(H,25,26);14-16,18,25H,3-13H2,1-2H3,(H,27,28). The minimum atomic E-state index is -3.36. The lowest BCUT2D eigenvalue weighted by Gasteiger charge is -2.44. The molecule has 0 amide bonds. The molecule has 2 aliphatic carbocycles. The summed E-state index contributed by atoms with van der Waals surface area (Å²) in [5, 5.41) is 37.9. The Hall–Kier alpha value is -2.45. The lowest BCUT2D eigenvalue weighted by atomic mass is 9.81. The van der Waals surface area contributed by atoms with Gasteiger partial charge in [-0.1, -0.05) is 79.1 Å². The number of rotatable bonds is 25. The molecule has 1 aliphatic heterocycles. The third-order valence-corrected chi connectivity index (χ3v) is 12.4. The van der Waals surface area contributed by atoms with Crippen LogP contribution in [0, 0.1) is 35.5 Å². The van der Waals surface area contributed by atoms with Crippen LogP contribution in [0.5, 0.6) is 0 Å². The second-order valence-corrected chi connectivity index (χ2v) is 16.9. The van der Waals surface area contributed by atoms with E-state index < -0.39 is 72.2 Å². The number of unbranched alkanes of at least 4 members (excludes halogenated alkanes) is 6. The number of Topliss-reactive ketones (excluding diaryl/α,β-unsaturated/α-hetero) is 3. The van der Waals surface area contributed by atoms with Gasteiger partial charge in [0.15, 0.2) is 0 Å². The zero-order valence-electron chi connectivity index (χ0n) is 33.9. The summed E-state index contributed by atoms with van der Waals surface area (Å²) in [4.78, 5) is 57.5. The molecule has 9 atom stereocenters. The van der Waals surface area contributed by atoms with Crippen LogP contribution in [0.2, 0.25) is 0 Å². The number of aliphatic carboxylic acids is 2. The lowest BCUT2D eigenvalue weighted by molar-refractivity contribution is -0.358. The van der Waals surface area contributed by atoms with Crippen molar-refractivity contribution in [1.82, 2.24) is 0 Å². The van der Waals surface area contributed by atoms with Gasteiger partial charge in [0, 0.05) is 63.2 Å². The number of fused-ring (bicyclic) bond motifs is 1. The van der Waals surface area contributed by atoms with Crippen LogP contribution in [0.4, 0.5) is 17.6 Å². The van der Waals surface area contributed by atoms with Gasteiger partial charge in [0.05, 0.1) is 12.2 Å². The summed E-state index contributed by atoms with van der Waals surface area (Å²) >= 11 is 0. The van der Waals surface area contributed by atoms with Crippen LogP contribution in [0.1, 0.15) is 169 Å². The van der Waals surface area contributed by atoms with Gasteiger partial charge in [-0.25, -0.2) is 8.78 Å². The third-order valence-electron chi connectivity index (χ3n) is 12.4. The lowest BCUT2D eigenvalue weighted by Crippen LogP contribution is -2.56. The van der Waals surface area contributed by atoms with Gasteiger partial charge in [-0.3, -0.25) is 24.0 Å². The molecule has 14 heteroatoms. The number of carboxylic acids is 2. The smallest absolute Gasteiger partial charge is 0.305 e. The van der Waals surface area contributed by atoms with Crippen LogP contribution < -0.4 is 0 Å². The summed E-state index contributed by atoms with van der Waals surface area (Å²) in [5.41, 5.74) is 0. The van der Waals surface area contributed by atoms with E-state index in [9.17, 15) is 51.7 Å². The van der Waals surface area contributed by atoms with Crippen molar-refractivity contribution in [3.8, 4) is 0 Å². The molecule has 2 saturated carbocycles. The van der Waals surface area contributed by atoms with Crippen LogP contribution in [-0.2, 0) is 28.7 Å². The van der Waals surface area contributed by atoms with Crippen molar-refractivity contribution in [1.29, 1.82) is 0 Å². The van der Waals surface area contributed by atoms with Crippen molar-refractivity contribution in [3.63, 3.8) is 0 Å². The molecule has 3 aliphatic rings. The van der Waals surface area contributed by atoms with Crippen molar-refractivity contribution in [2.24, 2.45) is 35.5 Å². The van der Waals surface area contributed by atoms with Crippen LogP contribution in [0.3, 0.4) is 0 Å². The summed E-state index contributed by atoms with van der Waals surface area (Å²) in [7, 11) is 0. The molecule has 1 heterocycles. The Morgan fingerprint density at radius 1 is 0.750 bits per heavy atom. The van der Waals surface area contributed by atoms with E-state index in [0.29, 0.717) is 44.9 Å². The molecule has 0 aromatic rings. The van der Waals surface area contributed by atoms with Crippen molar-refractivity contribution in [2.75, 3.05) is 0 Å². The van der Waals surface area contributed by atoms with E-state index in [-0.39, 0.29) is 80.2 Å². The molecule has 0 aromatic carbocycles. The molecular formula is C42H68F4O10. The summed E-state index contributed by atoms with van der Waals surface area (Å²) in [6.45, 7) is 7.06. The Morgan fingerprint density at radius 3 is 1.79 bits per heavy atom. The highest BCUT2D eigenvalue weighted by molar-refractivity contribution is 5.86. The minimum absolute atomic E-state index is 0.0196. The SMILES string of the molecule is CCC(C)CC(F)(F)C(=O)CCC1C(O)CC(=O)C1CCCCCCC(=O)O.CCC(C)CC(F)(F)C1(O)CCC2C(CC(=O)C2CCCCCCC(=O)O)O1. The highest BCUT2D eigenvalue weighted by Gasteiger charge is 2.60. The molecule has 10 nitrogen and oxygen atoms in total. The van der Waals surface area contributed by atoms with E-state index in [1.54, 1.807) is 20.8 Å². The molecule has 324 valence electrons. The number of carbonyl (C=O) groups excluding carboxylic acids is 3. The monoisotopic (exact) mass is 808 g/mol. The molecule has 56 heavy (non-hydrogen) atoms. The predicted octanol–water partition coefficient (Wildman–Crippen LogP) is 8.95. The highest BCUT2D eigenvalue weighted by Crippen LogP contribution is 2.50.